The summed E-state index contributed by atoms with van der Waals surface area (Å²) in [5.74, 6) is -0.225. The zero-order valence-electron chi connectivity index (χ0n) is 13.9. The van der Waals surface area contributed by atoms with Crippen LogP contribution in [0.4, 0.5) is 5.69 Å². The molecule has 0 saturated heterocycles. The summed E-state index contributed by atoms with van der Waals surface area (Å²) in [6.07, 6.45) is 4.30. The maximum atomic E-state index is 12.1. The molecule has 0 saturated carbocycles. The highest BCUT2D eigenvalue weighted by atomic mass is 79.9. The number of amides is 1. The van der Waals surface area contributed by atoms with E-state index in [4.69, 9.17) is 0 Å². The van der Waals surface area contributed by atoms with Gasteiger partial charge in [0.2, 0.25) is 15.9 Å². The highest BCUT2D eigenvalue weighted by Gasteiger charge is 2.09. The van der Waals surface area contributed by atoms with Crippen molar-refractivity contribution in [1.82, 2.24) is 5.32 Å². The lowest BCUT2D eigenvalue weighted by Crippen LogP contribution is -2.24. The summed E-state index contributed by atoms with van der Waals surface area (Å²) >= 11 is 3.36. The molecule has 132 valence electrons. The van der Waals surface area contributed by atoms with Crippen LogP contribution in [0.3, 0.4) is 0 Å². The SMILES string of the molecule is C[C@H](NC(=O)/C=C/c1ccc(Br)cc1)c1cccc(NS(C)(=O)=O)c1. The third kappa shape index (κ3) is 6.72. The zero-order chi connectivity index (χ0) is 18.4. The molecule has 0 aliphatic rings. The van der Waals surface area contributed by atoms with Crippen LogP contribution in [0.1, 0.15) is 24.1 Å². The number of benzene rings is 2. The smallest absolute Gasteiger partial charge is 0.244 e. The van der Waals surface area contributed by atoms with Crippen molar-refractivity contribution < 1.29 is 13.2 Å². The lowest BCUT2D eigenvalue weighted by atomic mass is 10.1. The second-order valence-electron chi connectivity index (χ2n) is 5.61. The molecule has 2 aromatic rings. The monoisotopic (exact) mass is 422 g/mol. The molecule has 0 aliphatic carbocycles. The van der Waals surface area contributed by atoms with Gasteiger partial charge >= 0.3 is 0 Å². The number of halogens is 1. The van der Waals surface area contributed by atoms with E-state index in [1.54, 1.807) is 24.3 Å². The third-order valence-corrected chi connectivity index (χ3v) is 4.48. The molecular formula is C18H19BrN2O3S. The van der Waals surface area contributed by atoms with E-state index in [0.717, 1.165) is 21.9 Å². The van der Waals surface area contributed by atoms with Gasteiger partial charge in [0, 0.05) is 16.2 Å². The summed E-state index contributed by atoms with van der Waals surface area (Å²) in [7, 11) is -3.34. The number of hydrogen-bond donors (Lipinski definition) is 2. The van der Waals surface area contributed by atoms with Crippen LogP contribution >= 0.6 is 15.9 Å². The molecule has 0 unspecified atom stereocenters. The highest BCUT2D eigenvalue weighted by Crippen LogP contribution is 2.18. The van der Waals surface area contributed by atoms with Gasteiger partial charge in [0.05, 0.1) is 12.3 Å². The maximum absolute atomic E-state index is 12.1. The number of hydrogen-bond acceptors (Lipinski definition) is 3. The highest BCUT2D eigenvalue weighted by molar-refractivity contribution is 9.10. The molecule has 0 aromatic heterocycles. The Bertz CT molecular complexity index is 877. The van der Waals surface area contributed by atoms with E-state index in [9.17, 15) is 13.2 Å². The number of rotatable bonds is 6. The first kappa shape index (κ1) is 19.2. The Hall–Kier alpha value is -2.12. The average Bonchev–Trinajstić information content (AvgIpc) is 2.53. The van der Waals surface area contributed by atoms with Crippen molar-refractivity contribution in [2.45, 2.75) is 13.0 Å². The van der Waals surface area contributed by atoms with E-state index < -0.39 is 10.0 Å². The van der Waals surface area contributed by atoms with E-state index >= 15 is 0 Å². The molecule has 0 heterocycles. The van der Waals surface area contributed by atoms with Gasteiger partial charge in [0.1, 0.15) is 0 Å². The van der Waals surface area contributed by atoms with Gasteiger partial charge in [-0.1, -0.05) is 40.2 Å². The van der Waals surface area contributed by atoms with E-state index in [0.29, 0.717) is 5.69 Å². The third-order valence-electron chi connectivity index (χ3n) is 3.35. The molecule has 0 radical (unpaired) electrons. The van der Waals surface area contributed by atoms with Crippen LogP contribution in [0.2, 0.25) is 0 Å². The van der Waals surface area contributed by atoms with Crippen molar-refractivity contribution in [1.29, 1.82) is 0 Å². The number of carbonyl (C=O) groups is 1. The maximum Gasteiger partial charge on any atom is 0.244 e. The van der Waals surface area contributed by atoms with Gasteiger partial charge in [-0.3, -0.25) is 9.52 Å². The van der Waals surface area contributed by atoms with Crippen LogP contribution < -0.4 is 10.0 Å². The molecular weight excluding hydrogens is 404 g/mol. The summed E-state index contributed by atoms with van der Waals surface area (Å²) in [5.41, 5.74) is 2.19. The predicted octanol–water partition coefficient (Wildman–Crippen LogP) is 3.71. The van der Waals surface area contributed by atoms with Crippen LogP contribution in [0.25, 0.3) is 6.08 Å². The fourth-order valence-electron chi connectivity index (χ4n) is 2.18. The average molecular weight is 423 g/mol. The molecule has 0 fully saturated rings. The van der Waals surface area contributed by atoms with E-state index in [2.05, 4.69) is 26.0 Å². The van der Waals surface area contributed by atoms with Crippen LogP contribution in [0, 0.1) is 0 Å². The Morgan fingerprint density at radius 1 is 1.16 bits per heavy atom. The van der Waals surface area contributed by atoms with Gasteiger partial charge in [-0.05, 0) is 48.4 Å². The van der Waals surface area contributed by atoms with Gasteiger partial charge in [-0.15, -0.1) is 0 Å². The number of anilines is 1. The summed E-state index contributed by atoms with van der Waals surface area (Å²) < 4.78 is 26.0. The number of nitrogens with one attached hydrogen (secondary N) is 2. The molecule has 0 spiro atoms. The number of sulfonamides is 1. The first-order chi connectivity index (χ1) is 11.7. The minimum Gasteiger partial charge on any atom is -0.346 e. The fraction of sp³-hybridized carbons (Fsp3) is 0.167. The summed E-state index contributed by atoms with van der Waals surface area (Å²) in [6.45, 7) is 1.84. The second-order valence-corrected chi connectivity index (χ2v) is 8.28. The Morgan fingerprint density at radius 3 is 2.48 bits per heavy atom. The second kappa shape index (κ2) is 8.31. The van der Waals surface area contributed by atoms with Crippen molar-refractivity contribution >= 4 is 43.6 Å². The molecule has 2 N–H and O–H groups in total. The van der Waals surface area contributed by atoms with Crippen LogP contribution in [-0.2, 0) is 14.8 Å². The van der Waals surface area contributed by atoms with Crippen molar-refractivity contribution in [2.24, 2.45) is 0 Å². The molecule has 25 heavy (non-hydrogen) atoms. The lowest BCUT2D eigenvalue weighted by Gasteiger charge is -2.14. The first-order valence-corrected chi connectivity index (χ1v) is 10.2. The summed E-state index contributed by atoms with van der Waals surface area (Å²) in [4.78, 5) is 12.1. The van der Waals surface area contributed by atoms with Crippen LogP contribution in [-0.4, -0.2) is 20.6 Å². The van der Waals surface area contributed by atoms with Crippen LogP contribution in [0.15, 0.2) is 59.1 Å². The first-order valence-electron chi connectivity index (χ1n) is 7.55. The topological polar surface area (TPSA) is 75.3 Å². The van der Waals surface area contributed by atoms with Gasteiger partial charge in [0.25, 0.3) is 0 Å². The Balaban J connectivity index is 2.01. The zero-order valence-corrected chi connectivity index (χ0v) is 16.3. The Kier molecular flexibility index (Phi) is 6.39. The van der Waals surface area contributed by atoms with Crippen molar-refractivity contribution in [3.63, 3.8) is 0 Å². The van der Waals surface area contributed by atoms with Gasteiger partial charge in [0.15, 0.2) is 0 Å². The summed E-state index contributed by atoms with van der Waals surface area (Å²) in [5, 5.41) is 2.86. The fourth-order valence-corrected chi connectivity index (χ4v) is 3.00. The van der Waals surface area contributed by atoms with Crippen molar-refractivity contribution in [3.05, 3.63) is 70.2 Å². The minimum atomic E-state index is -3.34. The Labute approximate surface area is 156 Å². The van der Waals surface area contributed by atoms with E-state index in [1.165, 1.54) is 6.08 Å². The number of carbonyl (C=O) groups excluding carboxylic acids is 1. The molecule has 2 rings (SSSR count). The van der Waals surface area contributed by atoms with Gasteiger partial charge in [-0.2, -0.15) is 0 Å². The quantitative estimate of drug-likeness (QED) is 0.696. The van der Waals surface area contributed by atoms with Crippen molar-refractivity contribution in [2.75, 3.05) is 11.0 Å². The molecule has 2 aromatic carbocycles. The van der Waals surface area contributed by atoms with Gasteiger partial charge < -0.3 is 5.32 Å². The summed E-state index contributed by atoms with van der Waals surface area (Å²) in [6, 6.07) is 14.3. The van der Waals surface area contributed by atoms with Gasteiger partial charge in [-0.25, -0.2) is 8.42 Å². The standard InChI is InChI=1S/C18H19BrN2O3S/c1-13(15-4-3-5-17(12-15)21-25(2,23)24)20-18(22)11-8-14-6-9-16(19)10-7-14/h3-13,21H,1-2H3,(H,20,22)/b11-8+/t13-/m0/s1. The molecule has 5 nitrogen and oxygen atoms in total. The Morgan fingerprint density at radius 2 is 1.84 bits per heavy atom. The van der Waals surface area contributed by atoms with E-state index in [1.807, 2.05) is 37.3 Å². The lowest BCUT2D eigenvalue weighted by molar-refractivity contribution is -0.117. The molecule has 1 atom stereocenters. The van der Waals surface area contributed by atoms with Crippen molar-refractivity contribution in [3.8, 4) is 0 Å². The molecule has 7 heteroatoms. The normalized spacial score (nSPS) is 12.8. The molecule has 1 amide bonds. The minimum absolute atomic E-state index is 0.225. The van der Waals surface area contributed by atoms with E-state index in [-0.39, 0.29) is 11.9 Å². The molecule has 0 bridgehead atoms. The predicted molar refractivity (Wildman–Crippen MR) is 105 cm³/mol. The van der Waals surface area contributed by atoms with Crippen LogP contribution in [0.5, 0.6) is 0 Å². The largest absolute Gasteiger partial charge is 0.346 e. The molecule has 0 aliphatic heterocycles.